The molecule has 0 aromatic heterocycles. The molecule has 0 saturated heterocycles. The Morgan fingerprint density at radius 3 is 2.57 bits per heavy atom. The molecular formula is C10H13BrO3. The molecular weight excluding hydrogens is 248 g/mol. The summed E-state index contributed by atoms with van der Waals surface area (Å²) in [5.41, 5.74) is 0. The Labute approximate surface area is 92.1 Å². The van der Waals surface area contributed by atoms with E-state index in [0.717, 1.165) is 16.0 Å². The summed E-state index contributed by atoms with van der Waals surface area (Å²) >= 11 is 3.37. The molecule has 0 aliphatic carbocycles. The third-order valence-electron chi connectivity index (χ3n) is 1.67. The van der Waals surface area contributed by atoms with Gasteiger partial charge in [-0.15, -0.1) is 0 Å². The van der Waals surface area contributed by atoms with Crippen LogP contribution in [0.5, 0.6) is 11.5 Å². The van der Waals surface area contributed by atoms with Gasteiger partial charge >= 0.3 is 0 Å². The zero-order chi connectivity index (χ0) is 10.4. The zero-order valence-electron chi connectivity index (χ0n) is 8.25. The van der Waals surface area contributed by atoms with Gasteiger partial charge in [0.2, 0.25) is 0 Å². The smallest absolute Gasteiger partial charge is 0.162 e. The summed E-state index contributed by atoms with van der Waals surface area (Å²) in [5.74, 6) is 1.45. The second kappa shape index (κ2) is 5.88. The van der Waals surface area contributed by atoms with Crippen LogP contribution in [-0.4, -0.2) is 27.4 Å². The molecule has 0 N–H and O–H groups in total. The zero-order valence-corrected chi connectivity index (χ0v) is 9.83. The first-order valence-electron chi connectivity index (χ1n) is 4.23. The van der Waals surface area contributed by atoms with Crippen LogP contribution >= 0.6 is 15.9 Å². The van der Waals surface area contributed by atoms with Crippen LogP contribution in [0.3, 0.4) is 0 Å². The highest BCUT2D eigenvalue weighted by Crippen LogP contribution is 2.29. The molecule has 1 aromatic rings. The third kappa shape index (κ3) is 3.20. The van der Waals surface area contributed by atoms with Crippen molar-refractivity contribution >= 4 is 15.9 Å². The summed E-state index contributed by atoms with van der Waals surface area (Å²) in [4.78, 5) is 0. The predicted molar refractivity (Wildman–Crippen MR) is 58.1 cm³/mol. The maximum atomic E-state index is 5.47. The summed E-state index contributed by atoms with van der Waals surface area (Å²) in [6, 6.07) is 5.63. The van der Waals surface area contributed by atoms with Crippen molar-refractivity contribution in [1.82, 2.24) is 0 Å². The van der Waals surface area contributed by atoms with Crippen molar-refractivity contribution in [2.45, 2.75) is 0 Å². The first kappa shape index (κ1) is 11.3. The Morgan fingerprint density at radius 2 is 1.93 bits per heavy atom. The van der Waals surface area contributed by atoms with Gasteiger partial charge in [-0.2, -0.15) is 0 Å². The standard InChI is InChI=1S/C10H13BrO3/c1-12-5-6-14-10-7-8(11)3-4-9(10)13-2/h3-4,7H,5-6H2,1-2H3. The number of halogens is 1. The average molecular weight is 261 g/mol. The van der Waals surface area contributed by atoms with E-state index in [2.05, 4.69) is 15.9 Å². The quantitative estimate of drug-likeness (QED) is 0.762. The van der Waals surface area contributed by atoms with Gasteiger partial charge in [0.05, 0.1) is 13.7 Å². The largest absolute Gasteiger partial charge is 0.493 e. The summed E-state index contributed by atoms with van der Waals surface area (Å²) in [5, 5.41) is 0. The van der Waals surface area contributed by atoms with Crippen molar-refractivity contribution in [2.24, 2.45) is 0 Å². The highest BCUT2D eigenvalue weighted by atomic mass is 79.9. The van der Waals surface area contributed by atoms with E-state index in [1.54, 1.807) is 14.2 Å². The van der Waals surface area contributed by atoms with Gasteiger partial charge in [0.25, 0.3) is 0 Å². The van der Waals surface area contributed by atoms with Crippen molar-refractivity contribution in [3.8, 4) is 11.5 Å². The molecule has 0 spiro atoms. The molecule has 0 aliphatic heterocycles. The van der Waals surface area contributed by atoms with Gasteiger partial charge in [-0.3, -0.25) is 0 Å². The molecule has 78 valence electrons. The molecule has 14 heavy (non-hydrogen) atoms. The van der Waals surface area contributed by atoms with Gasteiger partial charge in [-0.1, -0.05) is 15.9 Å². The minimum atomic E-state index is 0.517. The molecule has 1 rings (SSSR count). The predicted octanol–water partition coefficient (Wildman–Crippen LogP) is 2.48. The Kier molecular flexibility index (Phi) is 4.76. The van der Waals surface area contributed by atoms with E-state index in [1.807, 2.05) is 18.2 Å². The van der Waals surface area contributed by atoms with Gasteiger partial charge < -0.3 is 14.2 Å². The van der Waals surface area contributed by atoms with Crippen LogP contribution in [-0.2, 0) is 4.74 Å². The van der Waals surface area contributed by atoms with Crippen LogP contribution in [0.25, 0.3) is 0 Å². The lowest BCUT2D eigenvalue weighted by Crippen LogP contribution is -2.05. The molecule has 0 atom stereocenters. The fraction of sp³-hybridized carbons (Fsp3) is 0.400. The third-order valence-corrected chi connectivity index (χ3v) is 2.16. The normalized spacial score (nSPS) is 9.93. The SMILES string of the molecule is COCCOc1cc(Br)ccc1OC. The number of ether oxygens (including phenoxy) is 3. The molecule has 0 fully saturated rings. The highest BCUT2D eigenvalue weighted by molar-refractivity contribution is 9.10. The van der Waals surface area contributed by atoms with Crippen molar-refractivity contribution < 1.29 is 14.2 Å². The minimum Gasteiger partial charge on any atom is -0.493 e. The van der Waals surface area contributed by atoms with Crippen molar-refractivity contribution in [3.05, 3.63) is 22.7 Å². The van der Waals surface area contributed by atoms with Gasteiger partial charge in [0.1, 0.15) is 6.61 Å². The minimum absolute atomic E-state index is 0.517. The van der Waals surface area contributed by atoms with Crippen LogP contribution < -0.4 is 9.47 Å². The van der Waals surface area contributed by atoms with Crippen LogP contribution in [0.1, 0.15) is 0 Å². The van der Waals surface area contributed by atoms with Crippen LogP contribution in [0, 0.1) is 0 Å². The van der Waals surface area contributed by atoms with Crippen molar-refractivity contribution in [1.29, 1.82) is 0 Å². The Balaban J connectivity index is 2.67. The van der Waals surface area contributed by atoms with E-state index in [-0.39, 0.29) is 0 Å². The monoisotopic (exact) mass is 260 g/mol. The fourth-order valence-corrected chi connectivity index (χ4v) is 1.34. The van der Waals surface area contributed by atoms with E-state index in [0.29, 0.717) is 13.2 Å². The van der Waals surface area contributed by atoms with E-state index in [4.69, 9.17) is 14.2 Å². The molecule has 0 bridgehead atoms. The van der Waals surface area contributed by atoms with Gasteiger partial charge in [0, 0.05) is 11.6 Å². The first-order valence-corrected chi connectivity index (χ1v) is 5.02. The Hall–Kier alpha value is -0.740. The maximum Gasteiger partial charge on any atom is 0.162 e. The second-order valence-electron chi connectivity index (χ2n) is 2.64. The van der Waals surface area contributed by atoms with Crippen molar-refractivity contribution in [2.75, 3.05) is 27.4 Å². The Morgan fingerprint density at radius 1 is 1.14 bits per heavy atom. The number of benzene rings is 1. The van der Waals surface area contributed by atoms with E-state index in [1.165, 1.54) is 0 Å². The van der Waals surface area contributed by atoms with Crippen molar-refractivity contribution in [3.63, 3.8) is 0 Å². The van der Waals surface area contributed by atoms with Gasteiger partial charge in [-0.25, -0.2) is 0 Å². The molecule has 4 heteroatoms. The van der Waals surface area contributed by atoms with E-state index in [9.17, 15) is 0 Å². The topological polar surface area (TPSA) is 27.7 Å². The number of rotatable bonds is 5. The molecule has 0 amide bonds. The molecule has 0 unspecified atom stereocenters. The summed E-state index contributed by atoms with van der Waals surface area (Å²) < 4.78 is 16.5. The van der Waals surface area contributed by atoms with E-state index < -0.39 is 0 Å². The number of methoxy groups -OCH3 is 2. The molecule has 0 heterocycles. The number of hydrogen-bond acceptors (Lipinski definition) is 3. The molecule has 0 aliphatic rings. The Bertz CT molecular complexity index is 289. The lowest BCUT2D eigenvalue weighted by molar-refractivity contribution is 0.144. The second-order valence-corrected chi connectivity index (χ2v) is 3.55. The summed E-state index contributed by atoms with van der Waals surface area (Å²) in [6.45, 7) is 1.08. The van der Waals surface area contributed by atoms with Crippen LogP contribution in [0.4, 0.5) is 0 Å². The summed E-state index contributed by atoms with van der Waals surface area (Å²) in [6.07, 6.45) is 0. The molecule has 3 nitrogen and oxygen atoms in total. The fourth-order valence-electron chi connectivity index (χ4n) is 0.998. The maximum absolute atomic E-state index is 5.47. The summed E-state index contributed by atoms with van der Waals surface area (Å²) in [7, 11) is 3.26. The first-order chi connectivity index (χ1) is 6.77. The van der Waals surface area contributed by atoms with Gasteiger partial charge in [-0.05, 0) is 18.2 Å². The molecule has 0 saturated carbocycles. The average Bonchev–Trinajstić information content (AvgIpc) is 2.19. The van der Waals surface area contributed by atoms with Crippen LogP contribution in [0.15, 0.2) is 22.7 Å². The molecule has 1 aromatic carbocycles. The lowest BCUT2D eigenvalue weighted by atomic mass is 10.3. The molecule has 0 radical (unpaired) electrons. The lowest BCUT2D eigenvalue weighted by Gasteiger charge is -2.10. The highest BCUT2D eigenvalue weighted by Gasteiger charge is 2.03. The van der Waals surface area contributed by atoms with Gasteiger partial charge in [0.15, 0.2) is 11.5 Å². The van der Waals surface area contributed by atoms with E-state index >= 15 is 0 Å². The number of hydrogen-bond donors (Lipinski definition) is 0. The van der Waals surface area contributed by atoms with Crippen LogP contribution in [0.2, 0.25) is 0 Å².